The number of hydrogen-bond acceptors (Lipinski definition) is 5. The zero-order valence-corrected chi connectivity index (χ0v) is 11.6. The van der Waals surface area contributed by atoms with Crippen LogP contribution in [-0.4, -0.2) is 17.1 Å². The Bertz CT molecular complexity index is 757. The monoisotopic (exact) mass is 291 g/mol. The van der Waals surface area contributed by atoms with Crippen LogP contribution < -0.4 is 10.5 Å². The van der Waals surface area contributed by atoms with Gasteiger partial charge < -0.3 is 10.5 Å². The molecule has 0 aliphatic heterocycles. The first-order valence-electron chi connectivity index (χ1n) is 5.53. The summed E-state index contributed by atoms with van der Waals surface area (Å²) in [6.45, 7) is 0. The van der Waals surface area contributed by atoms with Gasteiger partial charge in [-0.2, -0.15) is 0 Å². The first-order chi connectivity index (χ1) is 9.20. The molecule has 3 rings (SSSR count). The van der Waals surface area contributed by atoms with Gasteiger partial charge in [-0.3, -0.25) is 0 Å². The van der Waals surface area contributed by atoms with Gasteiger partial charge in [-0.25, -0.2) is 9.97 Å². The molecular formula is C13H10ClN3OS. The van der Waals surface area contributed by atoms with Gasteiger partial charge in [0.2, 0.25) is 0 Å². The molecule has 2 N–H and O–H groups in total. The highest BCUT2D eigenvalue weighted by Crippen LogP contribution is 2.41. The number of aromatic nitrogens is 2. The molecule has 1 aromatic carbocycles. The summed E-state index contributed by atoms with van der Waals surface area (Å²) in [5.41, 5.74) is 7.55. The smallest absolute Gasteiger partial charge is 0.134 e. The van der Waals surface area contributed by atoms with Crippen LogP contribution >= 0.6 is 22.9 Å². The van der Waals surface area contributed by atoms with Crippen LogP contribution in [0, 0.1) is 0 Å². The number of benzene rings is 1. The largest absolute Gasteiger partial charge is 0.496 e. The average Bonchev–Trinajstić information content (AvgIpc) is 2.84. The third-order valence-corrected chi connectivity index (χ3v) is 4.09. The molecule has 96 valence electrons. The van der Waals surface area contributed by atoms with Gasteiger partial charge in [0.1, 0.15) is 17.9 Å². The fourth-order valence-corrected chi connectivity index (χ4v) is 3.08. The van der Waals surface area contributed by atoms with Crippen LogP contribution in [0.4, 0.5) is 5.82 Å². The topological polar surface area (TPSA) is 61.0 Å². The standard InChI is InChI=1S/C13H10ClN3OS/c1-18-8-3-2-7-12(16-6-17-13(7)15)11(8)9-4-5-10(14)19-9/h2-6H,1H3,(H2,15,16,17). The summed E-state index contributed by atoms with van der Waals surface area (Å²) >= 11 is 7.48. The van der Waals surface area contributed by atoms with E-state index in [1.165, 1.54) is 17.7 Å². The van der Waals surface area contributed by atoms with Crippen molar-refractivity contribution in [2.75, 3.05) is 12.8 Å². The van der Waals surface area contributed by atoms with Crippen molar-refractivity contribution >= 4 is 39.7 Å². The number of thiophene rings is 1. The minimum absolute atomic E-state index is 0.455. The number of rotatable bonds is 2. The Hall–Kier alpha value is -1.85. The molecular weight excluding hydrogens is 282 g/mol. The van der Waals surface area contributed by atoms with Gasteiger partial charge in [-0.05, 0) is 24.3 Å². The van der Waals surface area contributed by atoms with E-state index in [1.54, 1.807) is 7.11 Å². The molecule has 2 heterocycles. The highest BCUT2D eigenvalue weighted by molar-refractivity contribution is 7.19. The molecule has 0 bridgehead atoms. The second-order valence-corrected chi connectivity index (χ2v) is 5.62. The van der Waals surface area contributed by atoms with Crippen molar-refractivity contribution in [1.29, 1.82) is 0 Å². The number of nitrogen functional groups attached to an aromatic ring is 1. The number of hydrogen-bond donors (Lipinski definition) is 1. The molecule has 0 atom stereocenters. The zero-order chi connectivity index (χ0) is 13.4. The molecule has 19 heavy (non-hydrogen) atoms. The van der Waals surface area contributed by atoms with Crippen molar-refractivity contribution in [1.82, 2.24) is 9.97 Å². The van der Waals surface area contributed by atoms with Gasteiger partial charge in [0, 0.05) is 10.3 Å². The summed E-state index contributed by atoms with van der Waals surface area (Å²) < 4.78 is 6.14. The highest BCUT2D eigenvalue weighted by Gasteiger charge is 2.15. The molecule has 0 aliphatic rings. The third-order valence-electron chi connectivity index (χ3n) is 2.84. The number of anilines is 1. The van der Waals surface area contributed by atoms with Gasteiger partial charge in [0.15, 0.2) is 0 Å². The number of nitrogens with zero attached hydrogens (tertiary/aromatic N) is 2. The van der Waals surface area contributed by atoms with Crippen molar-refractivity contribution in [3.8, 4) is 16.2 Å². The number of ether oxygens (including phenoxy) is 1. The predicted molar refractivity (Wildman–Crippen MR) is 78.8 cm³/mol. The second-order valence-electron chi connectivity index (χ2n) is 3.90. The Morgan fingerprint density at radius 2 is 2.05 bits per heavy atom. The Morgan fingerprint density at radius 1 is 1.21 bits per heavy atom. The molecule has 0 amide bonds. The van der Waals surface area contributed by atoms with E-state index in [-0.39, 0.29) is 0 Å². The lowest BCUT2D eigenvalue weighted by molar-refractivity contribution is 0.417. The number of methoxy groups -OCH3 is 1. The Kier molecular flexibility index (Phi) is 3.00. The molecule has 0 radical (unpaired) electrons. The molecule has 2 aromatic heterocycles. The first-order valence-corrected chi connectivity index (χ1v) is 6.73. The molecule has 4 nitrogen and oxygen atoms in total. The van der Waals surface area contributed by atoms with Crippen LogP contribution in [-0.2, 0) is 0 Å². The molecule has 0 unspecified atom stereocenters. The van der Waals surface area contributed by atoms with Crippen molar-refractivity contribution in [2.45, 2.75) is 0 Å². The Balaban J connectivity index is 2.40. The minimum Gasteiger partial charge on any atom is -0.496 e. The van der Waals surface area contributed by atoms with E-state index in [0.29, 0.717) is 5.82 Å². The summed E-state index contributed by atoms with van der Waals surface area (Å²) in [5, 5.41) is 0.808. The normalized spacial score (nSPS) is 10.8. The third kappa shape index (κ3) is 2.01. The zero-order valence-electron chi connectivity index (χ0n) is 10.1. The van der Waals surface area contributed by atoms with Crippen LogP contribution in [0.2, 0.25) is 4.34 Å². The van der Waals surface area contributed by atoms with Gasteiger partial charge in [-0.15, -0.1) is 11.3 Å². The first kappa shape index (κ1) is 12.2. The van der Waals surface area contributed by atoms with Gasteiger partial charge >= 0.3 is 0 Å². The van der Waals surface area contributed by atoms with Crippen molar-refractivity contribution in [3.63, 3.8) is 0 Å². The lowest BCUT2D eigenvalue weighted by atomic mass is 10.1. The predicted octanol–water partition coefficient (Wildman–Crippen LogP) is 3.60. The maximum atomic E-state index is 6.01. The maximum Gasteiger partial charge on any atom is 0.134 e. The van der Waals surface area contributed by atoms with Crippen LogP contribution in [0.15, 0.2) is 30.6 Å². The molecule has 0 aliphatic carbocycles. The van der Waals surface area contributed by atoms with E-state index in [9.17, 15) is 0 Å². The van der Waals surface area contributed by atoms with Crippen molar-refractivity contribution in [3.05, 3.63) is 34.9 Å². The van der Waals surface area contributed by atoms with E-state index in [4.69, 9.17) is 22.1 Å². The van der Waals surface area contributed by atoms with Crippen molar-refractivity contribution in [2.24, 2.45) is 0 Å². The van der Waals surface area contributed by atoms with E-state index in [2.05, 4.69) is 9.97 Å². The minimum atomic E-state index is 0.455. The summed E-state index contributed by atoms with van der Waals surface area (Å²) in [6, 6.07) is 7.53. The van der Waals surface area contributed by atoms with E-state index in [1.807, 2.05) is 24.3 Å². The molecule has 0 spiro atoms. The lowest BCUT2D eigenvalue weighted by Gasteiger charge is -2.10. The number of fused-ring (bicyclic) bond motifs is 1. The van der Waals surface area contributed by atoms with E-state index >= 15 is 0 Å². The van der Waals surface area contributed by atoms with Crippen molar-refractivity contribution < 1.29 is 4.74 Å². The molecule has 3 aromatic rings. The Labute approximate surface area is 118 Å². The van der Waals surface area contributed by atoms with Crippen LogP contribution in [0.25, 0.3) is 21.3 Å². The lowest BCUT2D eigenvalue weighted by Crippen LogP contribution is -1.96. The molecule has 0 saturated heterocycles. The van der Waals surface area contributed by atoms with E-state index < -0.39 is 0 Å². The summed E-state index contributed by atoms with van der Waals surface area (Å²) in [7, 11) is 1.63. The van der Waals surface area contributed by atoms with Gasteiger partial charge in [0.25, 0.3) is 0 Å². The number of halogens is 1. The summed E-state index contributed by atoms with van der Waals surface area (Å²) in [5.74, 6) is 1.20. The highest BCUT2D eigenvalue weighted by atomic mass is 35.5. The second kappa shape index (κ2) is 4.68. The van der Waals surface area contributed by atoms with Crippen LogP contribution in [0.1, 0.15) is 0 Å². The number of nitrogens with two attached hydrogens (primary N) is 1. The maximum absolute atomic E-state index is 6.01. The molecule has 0 fully saturated rings. The van der Waals surface area contributed by atoms with Crippen LogP contribution in [0.3, 0.4) is 0 Å². The summed E-state index contributed by atoms with van der Waals surface area (Å²) in [6.07, 6.45) is 1.45. The van der Waals surface area contributed by atoms with E-state index in [0.717, 1.165) is 31.4 Å². The fourth-order valence-electron chi connectivity index (χ4n) is 1.99. The van der Waals surface area contributed by atoms with Gasteiger partial charge in [0.05, 0.1) is 22.5 Å². The average molecular weight is 292 g/mol. The van der Waals surface area contributed by atoms with Crippen LogP contribution in [0.5, 0.6) is 5.75 Å². The van der Waals surface area contributed by atoms with Gasteiger partial charge in [-0.1, -0.05) is 11.6 Å². The SMILES string of the molecule is COc1ccc2c(N)ncnc2c1-c1ccc(Cl)s1. The summed E-state index contributed by atoms with van der Waals surface area (Å²) in [4.78, 5) is 9.33. The fraction of sp³-hybridized carbons (Fsp3) is 0.0769. The molecule has 6 heteroatoms. The quantitative estimate of drug-likeness (QED) is 0.783. The molecule has 0 saturated carbocycles. The Morgan fingerprint density at radius 3 is 2.74 bits per heavy atom.